The Morgan fingerprint density at radius 1 is 1.37 bits per heavy atom. The maximum Gasteiger partial charge on any atom is 0.133 e. The summed E-state index contributed by atoms with van der Waals surface area (Å²) in [6.45, 7) is 4.15. The number of aromatic nitrogens is 2. The first kappa shape index (κ1) is 12.9. The van der Waals surface area contributed by atoms with Gasteiger partial charge < -0.3 is 5.11 Å². The summed E-state index contributed by atoms with van der Waals surface area (Å²) in [6, 6.07) is 8.35. The lowest BCUT2D eigenvalue weighted by atomic mass is 9.92. The van der Waals surface area contributed by atoms with E-state index >= 15 is 0 Å². The fraction of sp³-hybridized carbons (Fsp3) is 0.400. The highest BCUT2D eigenvalue weighted by atomic mass is 79.9. The Kier molecular flexibility index (Phi) is 3.02. The van der Waals surface area contributed by atoms with Gasteiger partial charge in [0, 0.05) is 6.04 Å². The molecule has 0 aliphatic heterocycles. The number of hydrogen-bond acceptors (Lipinski definition) is 2. The zero-order valence-corrected chi connectivity index (χ0v) is 12.7. The van der Waals surface area contributed by atoms with Crippen LogP contribution in [-0.4, -0.2) is 14.9 Å². The van der Waals surface area contributed by atoms with Crippen molar-refractivity contribution in [2.45, 2.75) is 38.3 Å². The van der Waals surface area contributed by atoms with Crippen molar-refractivity contribution < 1.29 is 5.11 Å². The molecule has 0 bridgehead atoms. The highest BCUT2D eigenvalue weighted by molar-refractivity contribution is 9.10. The number of aliphatic hydroxyl groups is 1. The van der Waals surface area contributed by atoms with E-state index in [9.17, 15) is 5.11 Å². The normalized spacial score (nSPS) is 21.9. The molecule has 19 heavy (non-hydrogen) atoms. The smallest absolute Gasteiger partial charge is 0.133 e. The summed E-state index contributed by atoms with van der Waals surface area (Å²) in [7, 11) is 0. The quantitative estimate of drug-likeness (QED) is 0.920. The van der Waals surface area contributed by atoms with E-state index in [0.717, 1.165) is 22.2 Å². The molecular weight excluding hydrogens is 304 g/mol. The van der Waals surface area contributed by atoms with Crippen LogP contribution in [0.2, 0.25) is 0 Å². The number of rotatable bonds is 2. The van der Waals surface area contributed by atoms with Crippen LogP contribution in [0.4, 0.5) is 0 Å². The monoisotopic (exact) mass is 320 g/mol. The zero-order chi connectivity index (χ0) is 13.6. The number of benzene rings is 1. The average molecular weight is 321 g/mol. The Balaban J connectivity index is 2.20. The van der Waals surface area contributed by atoms with Gasteiger partial charge in [-0.3, -0.25) is 4.68 Å². The summed E-state index contributed by atoms with van der Waals surface area (Å²) in [5.74, 6) is 0. The van der Waals surface area contributed by atoms with E-state index in [2.05, 4.69) is 40.9 Å². The highest BCUT2D eigenvalue weighted by Gasteiger charge is 2.42. The second kappa shape index (κ2) is 4.46. The molecule has 0 saturated heterocycles. The topological polar surface area (TPSA) is 38.0 Å². The van der Waals surface area contributed by atoms with Crippen LogP contribution >= 0.6 is 15.9 Å². The predicted octanol–water partition coefficient (Wildman–Crippen LogP) is 3.41. The molecular formula is C15H17BrN2O. The van der Waals surface area contributed by atoms with E-state index in [0.29, 0.717) is 6.42 Å². The SMILES string of the molecule is CC(C)n1ncc(Br)c1C1(O)CCc2ccccc21. The summed E-state index contributed by atoms with van der Waals surface area (Å²) in [6.07, 6.45) is 3.39. The van der Waals surface area contributed by atoms with Gasteiger partial charge in [0.1, 0.15) is 5.60 Å². The number of aryl methyl sites for hydroxylation is 1. The van der Waals surface area contributed by atoms with E-state index in [1.54, 1.807) is 6.20 Å². The highest BCUT2D eigenvalue weighted by Crippen LogP contribution is 2.44. The standard InChI is InChI=1S/C15H17BrN2O/c1-10(2)18-14(13(16)9-17-18)15(19)8-7-11-5-3-4-6-12(11)15/h3-6,9-10,19H,7-8H2,1-2H3. The molecule has 1 aliphatic carbocycles. The third-order valence-electron chi connectivity index (χ3n) is 3.85. The third-order valence-corrected chi connectivity index (χ3v) is 4.43. The number of nitrogens with zero attached hydrogens (tertiary/aromatic N) is 2. The second-order valence-electron chi connectivity index (χ2n) is 5.40. The summed E-state index contributed by atoms with van der Waals surface area (Å²) in [5, 5.41) is 15.6. The van der Waals surface area contributed by atoms with Crippen LogP contribution in [0.25, 0.3) is 0 Å². The lowest BCUT2D eigenvalue weighted by Gasteiger charge is -2.27. The Hall–Kier alpha value is -1.13. The van der Waals surface area contributed by atoms with Crippen LogP contribution < -0.4 is 0 Å². The molecule has 4 heteroatoms. The number of halogens is 1. The molecule has 3 nitrogen and oxygen atoms in total. The molecule has 100 valence electrons. The lowest BCUT2D eigenvalue weighted by molar-refractivity contribution is 0.0706. The predicted molar refractivity (Wildman–Crippen MR) is 78.1 cm³/mol. The van der Waals surface area contributed by atoms with Crippen LogP contribution in [-0.2, 0) is 12.0 Å². The fourth-order valence-electron chi connectivity index (χ4n) is 2.96. The molecule has 1 unspecified atom stereocenters. The second-order valence-corrected chi connectivity index (χ2v) is 6.25. The number of hydrogen-bond donors (Lipinski definition) is 1. The van der Waals surface area contributed by atoms with E-state index in [-0.39, 0.29) is 6.04 Å². The first-order valence-electron chi connectivity index (χ1n) is 6.58. The number of fused-ring (bicyclic) bond motifs is 1. The van der Waals surface area contributed by atoms with Crippen molar-refractivity contribution >= 4 is 15.9 Å². The first-order valence-corrected chi connectivity index (χ1v) is 7.37. The van der Waals surface area contributed by atoms with Gasteiger partial charge in [-0.15, -0.1) is 0 Å². The van der Waals surface area contributed by atoms with E-state index in [1.807, 2.05) is 22.9 Å². The van der Waals surface area contributed by atoms with Gasteiger partial charge in [0.15, 0.2) is 0 Å². The molecule has 3 rings (SSSR count). The molecule has 1 aromatic heterocycles. The van der Waals surface area contributed by atoms with Crippen molar-refractivity contribution in [1.29, 1.82) is 0 Å². The van der Waals surface area contributed by atoms with Gasteiger partial charge in [-0.25, -0.2) is 0 Å². The summed E-state index contributed by atoms with van der Waals surface area (Å²) in [4.78, 5) is 0. The lowest BCUT2D eigenvalue weighted by Crippen LogP contribution is -2.29. The van der Waals surface area contributed by atoms with Crippen molar-refractivity contribution in [3.63, 3.8) is 0 Å². The van der Waals surface area contributed by atoms with E-state index in [1.165, 1.54) is 5.56 Å². The van der Waals surface area contributed by atoms with Gasteiger partial charge in [-0.2, -0.15) is 5.10 Å². The van der Waals surface area contributed by atoms with Crippen molar-refractivity contribution in [2.24, 2.45) is 0 Å². The van der Waals surface area contributed by atoms with Gasteiger partial charge in [0.05, 0.1) is 16.4 Å². The van der Waals surface area contributed by atoms with Gasteiger partial charge in [0.25, 0.3) is 0 Å². The van der Waals surface area contributed by atoms with Crippen LogP contribution in [0.1, 0.15) is 43.1 Å². The van der Waals surface area contributed by atoms with Crippen molar-refractivity contribution in [3.05, 3.63) is 51.8 Å². The summed E-state index contributed by atoms with van der Waals surface area (Å²) in [5.41, 5.74) is 2.18. The molecule has 0 amide bonds. The molecule has 0 fully saturated rings. The van der Waals surface area contributed by atoms with Crippen LogP contribution in [0.15, 0.2) is 34.9 Å². The minimum absolute atomic E-state index is 0.220. The van der Waals surface area contributed by atoms with Crippen LogP contribution in [0, 0.1) is 0 Å². The molecule has 1 N–H and O–H groups in total. The molecule has 0 spiro atoms. The summed E-state index contributed by atoms with van der Waals surface area (Å²) >= 11 is 3.54. The molecule has 1 aromatic carbocycles. The van der Waals surface area contributed by atoms with Gasteiger partial charge >= 0.3 is 0 Å². The van der Waals surface area contributed by atoms with Crippen LogP contribution in [0.5, 0.6) is 0 Å². The van der Waals surface area contributed by atoms with Gasteiger partial charge in [0.2, 0.25) is 0 Å². The van der Waals surface area contributed by atoms with Gasteiger partial charge in [-0.05, 0) is 53.7 Å². The Labute approximate surface area is 121 Å². The molecule has 1 aliphatic rings. The third kappa shape index (κ3) is 1.85. The van der Waals surface area contributed by atoms with E-state index in [4.69, 9.17) is 0 Å². The minimum atomic E-state index is -0.934. The Bertz CT molecular complexity index is 620. The zero-order valence-electron chi connectivity index (χ0n) is 11.1. The molecule has 2 aromatic rings. The molecule has 0 radical (unpaired) electrons. The largest absolute Gasteiger partial charge is 0.379 e. The van der Waals surface area contributed by atoms with E-state index < -0.39 is 5.60 Å². The summed E-state index contributed by atoms with van der Waals surface area (Å²) < 4.78 is 2.78. The Morgan fingerprint density at radius 3 is 2.84 bits per heavy atom. The molecule has 1 atom stereocenters. The molecule has 0 saturated carbocycles. The first-order chi connectivity index (χ1) is 9.04. The maximum absolute atomic E-state index is 11.2. The maximum atomic E-state index is 11.2. The average Bonchev–Trinajstić information content (AvgIpc) is 2.93. The van der Waals surface area contributed by atoms with Crippen LogP contribution in [0.3, 0.4) is 0 Å². The van der Waals surface area contributed by atoms with Crippen molar-refractivity contribution in [2.75, 3.05) is 0 Å². The Morgan fingerprint density at radius 2 is 2.11 bits per heavy atom. The van der Waals surface area contributed by atoms with Crippen molar-refractivity contribution in [1.82, 2.24) is 9.78 Å². The van der Waals surface area contributed by atoms with Crippen molar-refractivity contribution in [3.8, 4) is 0 Å². The molecule has 1 heterocycles. The van der Waals surface area contributed by atoms with Gasteiger partial charge in [-0.1, -0.05) is 24.3 Å². The fourth-order valence-corrected chi connectivity index (χ4v) is 3.56. The minimum Gasteiger partial charge on any atom is -0.379 e.